The Hall–Kier alpha value is -3.65. The zero-order valence-electron chi connectivity index (χ0n) is 19.7. The third-order valence-corrected chi connectivity index (χ3v) is 6.75. The Morgan fingerprint density at radius 1 is 1.17 bits per heavy atom. The van der Waals surface area contributed by atoms with E-state index >= 15 is 0 Å². The molecule has 9 heteroatoms. The third kappa shape index (κ3) is 4.86. The van der Waals surface area contributed by atoms with Gasteiger partial charge in [0.15, 0.2) is 0 Å². The van der Waals surface area contributed by atoms with Crippen LogP contribution in [-0.4, -0.2) is 43.2 Å². The minimum atomic E-state index is -0.544. The summed E-state index contributed by atoms with van der Waals surface area (Å²) in [6, 6.07) is 15.7. The topological polar surface area (TPSA) is 80.8 Å². The lowest BCUT2D eigenvalue weighted by Crippen LogP contribution is -2.55. The van der Waals surface area contributed by atoms with Crippen LogP contribution in [0.5, 0.6) is 5.75 Å². The predicted octanol–water partition coefficient (Wildman–Crippen LogP) is 4.68. The van der Waals surface area contributed by atoms with Gasteiger partial charge in [-0.25, -0.2) is 14.2 Å². The number of nitrogens with zero attached hydrogens (tertiary/aromatic N) is 2. The fourth-order valence-corrected chi connectivity index (χ4v) is 4.53. The highest BCUT2D eigenvalue weighted by Gasteiger charge is 2.46. The van der Waals surface area contributed by atoms with Crippen LogP contribution < -0.4 is 15.0 Å². The summed E-state index contributed by atoms with van der Waals surface area (Å²) in [5.41, 5.74) is 1.84. The number of ether oxygens (including phenoxy) is 2. The maximum absolute atomic E-state index is 13.4. The van der Waals surface area contributed by atoms with Gasteiger partial charge in [0.05, 0.1) is 41.9 Å². The zero-order chi connectivity index (χ0) is 25.3. The van der Waals surface area contributed by atoms with E-state index in [1.807, 2.05) is 17.0 Å². The van der Waals surface area contributed by atoms with E-state index in [1.54, 1.807) is 42.5 Å². The largest absolute Gasteiger partial charge is 0.487 e. The number of hydrogen-bond acceptors (Lipinski definition) is 6. The minimum Gasteiger partial charge on any atom is -0.487 e. The van der Waals surface area contributed by atoms with E-state index in [0.717, 1.165) is 18.4 Å². The first-order chi connectivity index (χ1) is 17.4. The number of hydrogen-bond donors (Lipinski definition) is 1. The molecule has 1 saturated heterocycles. The highest BCUT2D eigenvalue weighted by atomic mass is 35.5. The molecular formula is C27H25ClFN3O4. The molecule has 5 rings (SSSR count). The van der Waals surface area contributed by atoms with Crippen molar-refractivity contribution in [1.29, 1.82) is 0 Å². The highest BCUT2D eigenvalue weighted by Crippen LogP contribution is 2.46. The van der Waals surface area contributed by atoms with Crippen LogP contribution >= 0.6 is 11.6 Å². The molecular weight excluding hydrogens is 485 g/mol. The number of esters is 1. The normalized spacial score (nSPS) is 16.1. The molecule has 36 heavy (non-hydrogen) atoms. The average Bonchev–Trinajstić information content (AvgIpc) is 3.66. The van der Waals surface area contributed by atoms with Crippen molar-refractivity contribution in [3.05, 3.63) is 88.1 Å². The summed E-state index contributed by atoms with van der Waals surface area (Å²) in [6.07, 6.45) is 3.00. The number of benzene rings is 2. The van der Waals surface area contributed by atoms with E-state index in [9.17, 15) is 14.0 Å². The summed E-state index contributed by atoms with van der Waals surface area (Å²) >= 11 is 6.20. The molecule has 2 heterocycles. The van der Waals surface area contributed by atoms with Gasteiger partial charge in [0.25, 0.3) is 5.91 Å². The van der Waals surface area contributed by atoms with Gasteiger partial charge in [0.1, 0.15) is 24.3 Å². The van der Waals surface area contributed by atoms with Crippen LogP contribution in [0.3, 0.4) is 0 Å². The first-order valence-electron chi connectivity index (χ1n) is 11.6. The van der Waals surface area contributed by atoms with Gasteiger partial charge in [-0.1, -0.05) is 35.9 Å². The van der Waals surface area contributed by atoms with E-state index in [2.05, 4.69) is 10.3 Å². The van der Waals surface area contributed by atoms with Crippen molar-refractivity contribution in [1.82, 2.24) is 10.3 Å². The fraction of sp³-hybridized carbons (Fsp3) is 0.296. The Balaban J connectivity index is 1.28. The summed E-state index contributed by atoms with van der Waals surface area (Å²) < 4.78 is 23.6. The maximum Gasteiger partial charge on any atom is 0.337 e. The van der Waals surface area contributed by atoms with Gasteiger partial charge in [-0.05, 0) is 54.3 Å². The average molecular weight is 510 g/mol. The number of amides is 1. The van der Waals surface area contributed by atoms with Gasteiger partial charge < -0.3 is 19.7 Å². The lowest BCUT2D eigenvalue weighted by Gasteiger charge is -2.40. The Bertz CT molecular complexity index is 1290. The number of aromatic nitrogens is 1. The molecule has 2 aromatic carbocycles. The molecule has 1 aliphatic carbocycles. The van der Waals surface area contributed by atoms with Gasteiger partial charge in [0, 0.05) is 6.20 Å². The molecule has 1 saturated carbocycles. The van der Waals surface area contributed by atoms with Crippen molar-refractivity contribution in [3.63, 3.8) is 0 Å². The summed E-state index contributed by atoms with van der Waals surface area (Å²) in [4.78, 5) is 31.5. The second-order valence-electron chi connectivity index (χ2n) is 9.06. The standard InChI is InChI=1S/C27H25ClFN3O4/c1-35-26(34)18-5-7-19(8-6-18)27(9-10-27)31-25(33)23-12-20(28)14-30-24(23)32-15-22(16-32)36-21-4-2-3-17(11-21)13-29/h2-8,11-12,14,22H,9-10,13,15-16H2,1H3,(H,31,33). The number of anilines is 1. The monoisotopic (exact) mass is 509 g/mol. The molecule has 7 nitrogen and oxygen atoms in total. The first-order valence-corrected chi connectivity index (χ1v) is 12.0. The van der Waals surface area contributed by atoms with Crippen molar-refractivity contribution < 1.29 is 23.5 Å². The van der Waals surface area contributed by atoms with Gasteiger partial charge in [-0.2, -0.15) is 0 Å². The van der Waals surface area contributed by atoms with Gasteiger partial charge in [0.2, 0.25) is 0 Å². The molecule has 0 bridgehead atoms. The van der Waals surface area contributed by atoms with E-state index in [-0.39, 0.29) is 12.0 Å². The second kappa shape index (κ2) is 9.78. The third-order valence-electron chi connectivity index (χ3n) is 6.54. The van der Waals surface area contributed by atoms with Crippen molar-refractivity contribution in [2.75, 3.05) is 25.1 Å². The molecule has 0 spiro atoms. The summed E-state index contributed by atoms with van der Waals surface area (Å²) in [5.74, 6) is 0.475. The van der Waals surface area contributed by atoms with Crippen LogP contribution in [0.25, 0.3) is 0 Å². The van der Waals surface area contributed by atoms with Crippen LogP contribution in [0.2, 0.25) is 5.02 Å². The van der Waals surface area contributed by atoms with Gasteiger partial charge >= 0.3 is 5.97 Å². The number of nitrogens with one attached hydrogen (secondary N) is 1. The Morgan fingerprint density at radius 3 is 2.58 bits per heavy atom. The summed E-state index contributed by atoms with van der Waals surface area (Å²) in [7, 11) is 1.34. The number of carbonyl (C=O) groups excluding carboxylic acids is 2. The van der Waals surface area contributed by atoms with E-state index in [0.29, 0.717) is 46.4 Å². The second-order valence-corrected chi connectivity index (χ2v) is 9.49. The SMILES string of the molecule is COC(=O)c1ccc(C2(NC(=O)c3cc(Cl)cnc3N3CC(Oc4cccc(CF)c4)C3)CC2)cc1. The minimum absolute atomic E-state index is 0.101. The smallest absolute Gasteiger partial charge is 0.337 e. The number of alkyl halides is 1. The number of methoxy groups -OCH3 is 1. The molecule has 0 atom stereocenters. The maximum atomic E-state index is 13.4. The van der Waals surface area contributed by atoms with Crippen LogP contribution in [0.15, 0.2) is 60.8 Å². The van der Waals surface area contributed by atoms with Crippen molar-refractivity contribution >= 4 is 29.3 Å². The van der Waals surface area contributed by atoms with Gasteiger partial charge in [-0.3, -0.25) is 4.79 Å². The number of pyridine rings is 1. The molecule has 1 aromatic heterocycles. The molecule has 2 fully saturated rings. The molecule has 1 N–H and O–H groups in total. The molecule has 0 unspecified atom stereocenters. The number of halogens is 2. The van der Waals surface area contributed by atoms with Crippen molar-refractivity contribution in [2.45, 2.75) is 31.2 Å². The Morgan fingerprint density at radius 2 is 1.92 bits per heavy atom. The van der Waals surface area contributed by atoms with E-state index < -0.39 is 18.2 Å². The number of carbonyl (C=O) groups is 2. The molecule has 3 aromatic rings. The molecule has 1 amide bonds. The van der Waals surface area contributed by atoms with Crippen molar-refractivity contribution in [3.8, 4) is 5.75 Å². The summed E-state index contributed by atoms with van der Waals surface area (Å²) in [5, 5.41) is 3.52. The number of rotatable bonds is 8. The predicted molar refractivity (Wildman–Crippen MR) is 133 cm³/mol. The fourth-order valence-electron chi connectivity index (χ4n) is 4.37. The Kier molecular flexibility index (Phi) is 6.53. The van der Waals surface area contributed by atoms with Crippen LogP contribution in [-0.2, 0) is 17.0 Å². The lowest BCUT2D eigenvalue weighted by molar-refractivity contribution is 0.0600. The molecule has 1 aliphatic heterocycles. The first kappa shape index (κ1) is 24.1. The van der Waals surface area contributed by atoms with E-state index in [1.165, 1.54) is 13.3 Å². The van der Waals surface area contributed by atoms with Crippen LogP contribution in [0.4, 0.5) is 10.2 Å². The van der Waals surface area contributed by atoms with Crippen LogP contribution in [0.1, 0.15) is 44.7 Å². The highest BCUT2D eigenvalue weighted by molar-refractivity contribution is 6.31. The van der Waals surface area contributed by atoms with E-state index in [4.69, 9.17) is 21.1 Å². The quantitative estimate of drug-likeness (QED) is 0.444. The van der Waals surface area contributed by atoms with Gasteiger partial charge in [-0.15, -0.1) is 0 Å². The molecule has 186 valence electrons. The lowest BCUT2D eigenvalue weighted by atomic mass is 10.0. The summed E-state index contributed by atoms with van der Waals surface area (Å²) in [6.45, 7) is 0.530. The molecule has 0 radical (unpaired) electrons. The van der Waals surface area contributed by atoms with Crippen molar-refractivity contribution in [2.24, 2.45) is 0 Å². The zero-order valence-corrected chi connectivity index (χ0v) is 20.4. The Labute approximate surface area is 213 Å². The van der Waals surface area contributed by atoms with Crippen LogP contribution in [0, 0.1) is 0 Å². The molecule has 2 aliphatic rings.